The molecular weight excluding hydrogens is 447 g/mol. The van der Waals surface area contributed by atoms with Gasteiger partial charge < -0.3 is 19.6 Å². The number of nitriles is 1. The second-order valence-corrected chi connectivity index (χ2v) is 8.31. The van der Waals surface area contributed by atoms with Crippen LogP contribution in [0.1, 0.15) is 45.7 Å². The van der Waals surface area contributed by atoms with Gasteiger partial charge in [-0.1, -0.05) is 37.3 Å². The first kappa shape index (κ1) is 22.2. The van der Waals surface area contributed by atoms with Crippen LogP contribution in [0.3, 0.4) is 0 Å². The number of allylic oxidation sites excluding steroid dienone is 1. The minimum absolute atomic E-state index is 0.00296. The summed E-state index contributed by atoms with van der Waals surface area (Å²) in [5.74, 6) is -0.954. The summed E-state index contributed by atoms with van der Waals surface area (Å²) in [6.07, 6.45) is 0.905. The quantitative estimate of drug-likeness (QED) is 0.297. The molecule has 5 rings (SSSR count). The van der Waals surface area contributed by atoms with Crippen molar-refractivity contribution < 1.29 is 23.1 Å². The molecule has 1 aromatic heterocycles. The lowest BCUT2D eigenvalue weighted by atomic mass is 9.83. The van der Waals surface area contributed by atoms with Gasteiger partial charge in [0.1, 0.15) is 34.5 Å². The fourth-order valence-electron chi connectivity index (χ4n) is 4.33. The molecule has 4 aromatic rings. The largest absolute Gasteiger partial charge is 0.449 e. The Hall–Kier alpha value is -4.57. The zero-order chi connectivity index (χ0) is 24.7. The number of hydrogen-bond acceptors (Lipinski definition) is 6. The Morgan fingerprint density at radius 1 is 1.14 bits per heavy atom. The van der Waals surface area contributed by atoms with E-state index in [1.807, 2.05) is 24.3 Å². The summed E-state index contributed by atoms with van der Waals surface area (Å²) in [5.41, 5.74) is 10.1. The number of hydrogen-bond donors (Lipinski definition) is 1. The number of carbonyl (C=O) groups is 1. The first-order valence-electron chi connectivity index (χ1n) is 11.1. The van der Waals surface area contributed by atoms with Gasteiger partial charge >= 0.3 is 5.97 Å². The Labute approximate surface area is 201 Å². The molecule has 7 heteroatoms. The van der Waals surface area contributed by atoms with Gasteiger partial charge in [0.2, 0.25) is 11.6 Å². The van der Waals surface area contributed by atoms with E-state index in [-0.39, 0.29) is 17.4 Å². The molecule has 0 radical (unpaired) electrons. The van der Waals surface area contributed by atoms with Crippen LogP contribution in [-0.4, -0.2) is 5.97 Å². The van der Waals surface area contributed by atoms with Crippen molar-refractivity contribution in [2.24, 2.45) is 5.73 Å². The van der Waals surface area contributed by atoms with E-state index in [0.29, 0.717) is 27.9 Å². The average molecular weight is 468 g/mol. The molecule has 1 unspecified atom stereocenters. The number of benzene rings is 3. The van der Waals surface area contributed by atoms with Crippen LogP contribution < -0.4 is 15.2 Å². The lowest BCUT2D eigenvalue weighted by Crippen LogP contribution is -2.21. The molecule has 0 spiro atoms. The lowest BCUT2D eigenvalue weighted by molar-refractivity contribution is 0.0702. The number of ether oxygens (including phenoxy) is 2. The number of furan rings is 1. The van der Waals surface area contributed by atoms with Gasteiger partial charge in [0.15, 0.2) is 0 Å². The van der Waals surface area contributed by atoms with Gasteiger partial charge in [0, 0.05) is 22.6 Å². The zero-order valence-electron chi connectivity index (χ0n) is 19.1. The van der Waals surface area contributed by atoms with Crippen LogP contribution in [0.2, 0.25) is 0 Å². The summed E-state index contributed by atoms with van der Waals surface area (Å²) in [5, 5.41) is 10.3. The molecule has 0 amide bonds. The van der Waals surface area contributed by atoms with Gasteiger partial charge in [-0.25, -0.2) is 9.18 Å². The van der Waals surface area contributed by atoms with E-state index >= 15 is 0 Å². The van der Waals surface area contributed by atoms with E-state index < -0.39 is 17.7 Å². The molecule has 1 aliphatic heterocycles. The molecule has 1 aliphatic rings. The second-order valence-electron chi connectivity index (χ2n) is 8.31. The normalized spacial score (nSPS) is 14.9. The van der Waals surface area contributed by atoms with Gasteiger partial charge in [-0.2, -0.15) is 5.26 Å². The summed E-state index contributed by atoms with van der Waals surface area (Å²) in [6.45, 7) is 3.74. The van der Waals surface area contributed by atoms with Crippen molar-refractivity contribution in [1.82, 2.24) is 0 Å². The number of nitrogens with zero attached hydrogens (tertiary/aromatic N) is 1. The van der Waals surface area contributed by atoms with Gasteiger partial charge in [-0.3, -0.25) is 0 Å². The maximum Gasteiger partial charge on any atom is 0.379 e. The van der Waals surface area contributed by atoms with Crippen molar-refractivity contribution in [1.29, 1.82) is 5.26 Å². The van der Waals surface area contributed by atoms with Crippen molar-refractivity contribution in [2.45, 2.75) is 26.2 Å². The molecule has 174 valence electrons. The number of rotatable bonds is 4. The highest BCUT2D eigenvalue weighted by Crippen LogP contribution is 2.43. The molecule has 2 heterocycles. The topological polar surface area (TPSA) is 98.5 Å². The maximum absolute atomic E-state index is 13.6. The molecule has 3 aromatic carbocycles. The second kappa shape index (κ2) is 8.65. The van der Waals surface area contributed by atoms with E-state index in [4.69, 9.17) is 19.6 Å². The third kappa shape index (κ3) is 3.89. The Kier molecular flexibility index (Phi) is 5.50. The SMILES string of the molecule is CCc1ccc(C2C(C#N)=C(N)Oc3cc(OC(=O)c4oc5ccc(F)cc5c4C)ccc32)cc1. The minimum Gasteiger partial charge on any atom is -0.449 e. The van der Waals surface area contributed by atoms with E-state index in [0.717, 1.165) is 17.5 Å². The summed E-state index contributed by atoms with van der Waals surface area (Å²) in [7, 11) is 0. The van der Waals surface area contributed by atoms with Crippen LogP contribution in [0.5, 0.6) is 11.5 Å². The smallest absolute Gasteiger partial charge is 0.379 e. The average Bonchev–Trinajstić information content (AvgIpc) is 3.19. The number of halogens is 1. The van der Waals surface area contributed by atoms with Crippen molar-refractivity contribution in [2.75, 3.05) is 0 Å². The molecule has 0 fully saturated rings. The van der Waals surface area contributed by atoms with Crippen LogP contribution in [0.4, 0.5) is 4.39 Å². The summed E-state index contributed by atoms with van der Waals surface area (Å²) >= 11 is 0. The first-order chi connectivity index (χ1) is 16.9. The van der Waals surface area contributed by atoms with Gasteiger partial charge in [-0.05, 0) is 48.7 Å². The Bertz CT molecular complexity index is 1540. The molecular formula is C28H21FN2O4. The molecule has 0 bridgehead atoms. The molecule has 6 nitrogen and oxygen atoms in total. The van der Waals surface area contributed by atoms with E-state index in [2.05, 4.69) is 13.0 Å². The van der Waals surface area contributed by atoms with Crippen LogP contribution in [0, 0.1) is 24.1 Å². The fraction of sp³-hybridized carbons (Fsp3) is 0.143. The van der Waals surface area contributed by atoms with Crippen LogP contribution >= 0.6 is 0 Å². The highest BCUT2D eigenvalue weighted by molar-refractivity contribution is 5.96. The van der Waals surface area contributed by atoms with Crippen molar-refractivity contribution in [3.8, 4) is 17.6 Å². The maximum atomic E-state index is 13.6. The van der Waals surface area contributed by atoms with E-state index in [9.17, 15) is 14.4 Å². The third-order valence-corrected chi connectivity index (χ3v) is 6.21. The van der Waals surface area contributed by atoms with Crippen molar-refractivity contribution in [3.63, 3.8) is 0 Å². The van der Waals surface area contributed by atoms with Crippen molar-refractivity contribution in [3.05, 3.63) is 106 Å². The van der Waals surface area contributed by atoms with Crippen LogP contribution in [0.15, 0.2) is 76.5 Å². The third-order valence-electron chi connectivity index (χ3n) is 6.21. The molecule has 2 N–H and O–H groups in total. The number of esters is 1. The Morgan fingerprint density at radius 3 is 2.63 bits per heavy atom. The predicted molar refractivity (Wildman–Crippen MR) is 127 cm³/mol. The van der Waals surface area contributed by atoms with Gasteiger partial charge in [0.05, 0.1) is 5.92 Å². The van der Waals surface area contributed by atoms with E-state index in [1.54, 1.807) is 25.1 Å². The monoisotopic (exact) mass is 468 g/mol. The molecule has 0 saturated carbocycles. The predicted octanol–water partition coefficient (Wildman–Crippen LogP) is 5.88. The lowest BCUT2D eigenvalue weighted by Gasteiger charge is -2.26. The first-order valence-corrected chi connectivity index (χ1v) is 11.1. The number of nitrogens with two attached hydrogens (primary N) is 1. The highest BCUT2D eigenvalue weighted by atomic mass is 19.1. The van der Waals surface area contributed by atoms with Gasteiger partial charge in [-0.15, -0.1) is 0 Å². The standard InChI is InChI=1S/C28H21FN2O4/c1-3-16-4-6-17(7-5-16)25-20-10-9-19(13-24(20)35-27(31)22(25)14-30)33-28(32)26-15(2)21-12-18(29)8-11-23(21)34-26/h4-13,25H,3,31H2,1-2H3. The Morgan fingerprint density at radius 2 is 1.91 bits per heavy atom. The molecule has 35 heavy (non-hydrogen) atoms. The van der Waals surface area contributed by atoms with Crippen molar-refractivity contribution >= 4 is 16.9 Å². The summed E-state index contributed by atoms with van der Waals surface area (Å²) in [6, 6.07) is 19.1. The molecule has 0 aliphatic carbocycles. The van der Waals surface area contributed by atoms with E-state index in [1.165, 1.54) is 23.8 Å². The van der Waals surface area contributed by atoms with Crippen LogP contribution in [-0.2, 0) is 6.42 Å². The van der Waals surface area contributed by atoms with Gasteiger partial charge in [0.25, 0.3) is 0 Å². The summed E-state index contributed by atoms with van der Waals surface area (Å²) in [4.78, 5) is 12.8. The molecule has 0 saturated heterocycles. The van der Waals surface area contributed by atoms with Crippen LogP contribution in [0.25, 0.3) is 11.0 Å². The Balaban J connectivity index is 1.48. The summed E-state index contributed by atoms with van der Waals surface area (Å²) < 4.78 is 30.5. The highest BCUT2D eigenvalue weighted by Gasteiger charge is 2.31. The number of carbonyl (C=O) groups excluding carboxylic acids is 1. The number of aryl methyl sites for hydroxylation is 2. The fourth-order valence-corrected chi connectivity index (χ4v) is 4.33. The number of fused-ring (bicyclic) bond motifs is 2. The molecule has 1 atom stereocenters. The minimum atomic E-state index is -0.720. The zero-order valence-corrected chi connectivity index (χ0v) is 19.1.